The minimum absolute atomic E-state index is 0.0684. The van der Waals surface area contributed by atoms with Crippen molar-refractivity contribution in [2.75, 3.05) is 32.9 Å². The first-order valence-corrected chi connectivity index (χ1v) is 8.19. The predicted molar refractivity (Wildman–Crippen MR) is 76.2 cm³/mol. The molecule has 1 aromatic heterocycles. The van der Waals surface area contributed by atoms with Crippen LogP contribution >= 0.6 is 11.3 Å². The third kappa shape index (κ3) is 2.64. The number of likely N-dealkylation sites (N-methyl/N-ethyl adjacent to an activating group) is 1. The van der Waals surface area contributed by atoms with Gasteiger partial charge >= 0.3 is 5.69 Å². The highest BCUT2D eigenvalue weighted by Gasteiger charge is 2.35. The second kappa shape index (κ2) is 5.28. The average Bonchev–Trinajstić information content (AvgIpc) is 2.94. The van der Waals surface area contributed by atoms with Crippen LogP contribution in [0.4, 0.5) is 10.7 Å². The summed E-state index contributed by atoms with van der Waals surface area (Å²) >= 11 is 0.739. The van der Waals surface area contributed by atoms with Gasteiger partial charge in [-0.1, -0.05) is 11.3 Å². The van der Waals surface area contributed by atoms with E-state index in [1.807, 2.05) is 19.0 Å². The quantitative estimate of drug-likeness (QED) is 0.641. The van der Waals surface area contributed by atoms with E-state index in [0.717, 1.165) is 23.8 Å². The van der Waals surface area contributed by atoms with Crippen molar-refractivity contribution in [3.63, 3.8) is 0 Å². The number of sulfonamides is 1. The lowest BCUT2D eigenvalue weighted by molar-refractivity contribution is -0.383. The molecular formula is C10H16N4O4S2. The van der Waals surface area contributed by atoms with E-state index in [9.17, 15) is 18.5 Å². The van der Waals surface area contributed by atoms with Crippen molar-refractivity contribution in [1.82, 2.24) is 9.21 Å². The molecule has 2 heterocycles. The first kappa shape index (κ1) is 15.2. The molecule has 1 saturated heterocycles. The number of nitrogens with zero attached hydrogens (tertiary/aromatic N) is 3. The molecule has 20 heavy (non-hydrogen) atoms. The summed E-state index contributed by atoms with van der Waals surface area (Å²) in [5, 5.41) is 10.7. The number of nitro groups is 1. The highest BCUT2D eigenvalue weighted by atomic mass is 32.2. The number of thiophene rings is 1. The lowest BCUT2D eigenvalue weighted by Crippen LogP contribution is -2.34. The molecule has 1 fully saturated rings. The van der Waals surface area contributed by atoms with E-state index >= 15 is 0 Å². The van der Waals surface area contributed by atoms with Crippen molar-refractivity contribution < 1.29 is 13.3 Å². The van der Waals surface area contributed by atoms with Gasteiger partial charge in [0.05, 0.1) is 4.92 Å². The minimum atomic E-state index is -3.70. The summed E-state index contributed by atoms with van der Waals surface area (Å²) in [6.45, 7) is 0.803. The summed E-state index contributed by atoms with van der Waals surface area (Å²) in [6, 6.07) is 1.20. The van der Waals surface area contributed by atoms with Crippen LogP contribution in [0.25, 0.3) is 0 Å². The van der Waals surface area contributed by atoms with Gasteiger partial charge in [-0.05, 0) is 20.5 Å². The van der Waals surface area contributed by atoms with Crippen molar-refractivity contribution >= 4 is 32.0 Å². The fourth-order valence-electron chi connectivity index (χ4n) is 2.12. The molecule has 8 nitrogen and oxygen atoms in total. The highest BCUT2D eigenvalue weighted by molar-refractivity contribution is 7.91. The van der Waals surface area contributed by atoms with Gasteiger partial charge in [0.15, 0.2) is 5.00 Å². The van der Waals surface area contributed by atoms with Crippen LogP contribution in [0, 0.1) is 10.1 Å². The lowest BCUT2D eigenvalue weighted by atomic mass is 10.2. The summed E-state index contributed by atoms with van der Waals surface area (Å²) in [5.74, 6) is 0. The molecule has 2 N–H and O–H groups in total. The maximum Gasteiger partial charge on any atom is 0.304 e. The Labute approximate surface area is 121 Å². The molecule has 10 heteroatoms. The lowest BCUT2D eigenvalue weighted by Gasteiger charge is -2.19. The third-order valence-corrected chi connectivity index (χ3v) is 6.63. The Morgan fingerprint density at radius 1 is 1.55 bits per heavy atom. The van der Waals surface area contributed by atoms with E-state index in [0.29, 0.717) is 13.1 Å². The molecule has 0 spiro atoms. The Morgan fingerprint density at radius 3 is 2.65 bits per heavy atom. The van der Waals surface area contributed by atoms with E-state index < -0.39 is 14.9 Å². The van der Waals surface area contributed by atoms with Crippen LogP contribution in [0.3, 0.4) is 0 Å². The zero-order valence-corrected chi connectivity index (χ0v) is 12.8. The Morgan fingerprint density at radius 2 is 2.20 bits per heavy atom. The van der Waals surface area contributed by atoms with Gasteiger partial charge in [-0.25, -0.2) is 8.42 Å². The molecule has 1 aliphatic heterocycles. The summed E-state index contributed by atoms with van der Waals surface area (Å²) in [7, 11) is 0.0956. The van der Waals surface area contributed by atoms with Crippen LogP contribution < -0.4 is 5.73 Å². The molecule has 0 saturated carbocycles. The van der Waals surface area contributed by atoms with Crippen LogP contribution in [0.2, 0.25) is 0 Å². The summed E-state index contributed by atoms with van der Waals surface area (Å²) in [6.07, 6.45) is 0.745. The van der Waals surface area contributed by atoms with Gasteiger partial charge in [-0.2, -0.15) is 4.31 Å². The second-order valence-corrected chi connectivity index (χ2v) is 8.09. The number of nitrogens with two attached hydrogens (primary N) is 1. The number of hydrogen-bond acceptors (Lipinski definition) is 7. The predicted octanol–water partition coefficient (Wildman–Crippen LogP) is 0.563. The smallest absolute Gasteiger partial charge is 0.304 e. The number of nitrogen functional groups attached to an aromatic ring is 1. The van der Waals surface area contributed by atoms with Crippen LogP contribution in [0.5, 0.6) is 0 Å². The van der Waals surface area contributed by atoms with E-state index in [4.69, 9.17) is 5.73 Å². The van der Waals surface area contributed by atoms with Gasteiger partial charge in [-0.3, -0.25) is 10.1 Å². The van der Waals surface area contributed by atoms with E-state index in [2.05, 4.69) is 0 Å². The molecule has 0 radical (unpaired) electrons. The van der Waals surface area contributed by atoms with Crippen molar-refractivity contribution in [3.05, 3.63) is 16.2 Å². The highest BCUT2D eigenvalue weighted by Crippen LogP contribution is 2.36. The molecule has 1 aromatic rings. The van der Waals surface area contributed by atoms with Crippen molar-refractivity contribution in [1.29, 1.82) is 0 Å². The molecular weight excluding hydrogens is 304 g/mol. The zero-order valence-electron chi connectivity index (χ0n) is 11.1. The molecule has 0 aliphatic carbocycles. The molecule has 1 aliphatic rings. The first-order chi connectivity index (χ1) is 9.23. The average molecular weight is 320 g/mol. The van der Waals surface area contributed by atoms with Gasteiger partial charge < -0.3 is 10.6 Å². The number of anilines is 1. The van der Waals surface area contributed by atoms with E-state index in [-0.39, 0.29) is 20.9 Å². The van der Waals surface area contributed by atoms with Gasteiger partial charge in [-0.15, -0.1) is 0 Å². The minimum Gasteiger partial charge on any atom is -0.385 e. The molecule has 0 aromatic carbocycles. The summed E-state index contributed by atoms with van der Waals surface area (Å²) in [4.78, 5) is 12.0. The summed E-state index contributed by atoms with van der Waals surface area (Å²) in [5.41, 5.74) is 5.15. The molecule has 0 amide bonds. The van der Waals surface area contributed by atoms with Crippen LogP contribution in [0.1, 0.15) is 6.42 Å². The van der Waals surface area contributed by atoms with Crippen molar-refractivity contribution in [2.45, 2.75) is 16.7 Å². The summed E-state index contributed by atoms with van der Waals surface area (Å²) < 4.78 is 26.1. The molecule has 2 rings (SSSR count). The molecule has 1 unspecified atom stereocenters. The van der Waals surface area contributed by atoms with Crippen LogP contribution in [0.15, 0.2) is 10.3 Å². The Hall–Kier alpha value is -1.23. The monoisotopic (exact) mass is 320 g/mol. The fourth-order valence-corrected chi connectivity index (χ4v) is 4.98. The molecule has 0 bridgehead atoms. The number of rotatable bonds is 4. The maximum atomic E-state index is 12.4. The normalized spacial score (nSPS) is 20.6. The molecule has 1 atom stereocenters. The molecule has 112 valence electrons. The largest absolute Gasteiger partial charge is 0.385 e. The van der Waals surface area contributed by atoms with Crippen LogP contribution in [-0.2, 0) is 10.0 Å². The van der Waals surface area contributed by atoms with Crippen molar-refractivity contribution in [2.24, 2.45) is 0 Å². The first-order valence-electron chi connectivity index (χ1n) is 5.93. The number of hydrogen-bond donors (Lipinski definition) is 1. The van der Waals surface area contributed by atoms with Gasteiger partial charge in [0.2, 0.25) is 0 Å². The van der Waals surface area contributed by atoms with E-state index in [1.54, 1.807) is 0 Å². The van der Waals surface area contributed by atoms with Crippen molar-refractivity contribution in [3.8, 4) is 0 Å². The SMILES string of the molecule is CN(C)C1CCN(S(=O)(=O)c2cc([N+](=O)[O-])c(N)s2)C1. The van der Waals surface area contributed by atoms with Gasteiger partial charge in [0.1, 0.15) is 4.21 Å². The fraction of sp³-hybridized carbons (Fsp3) is 0.600. The van der Waals surface area contributed by atoms with Crippen LogP contribution in [-0.4, -0.2) is 55.8 Å². The van der Waals surface area contributed by atoms with E-state index in [1.165, 1.54) is 4.31 Å². The maximum absolute atomic E-state index is 12.4. The Bertz CT molecular complexity index is 625. The zero-order chi connectivity index (χ0) is 15.1. The Balaban J connectivity index is 2.28. The Kier molecular flexibility index (Phi) is 4.00. The second-order valence-electron chi connectivity index (χ2n) is 4.84. The standard InChI is InChI=1S/C10H16N4O4S2/c1-12(2)7-3-4-13(6-7)20(17,18)9-5-8(14(15)16)10(11)19-9/h5,7H,3-4,6,11H2,1-2H3. The van der Waals surface area contributed by atoms with Gasteiger partial charge in [0, 0.05) is 25.2 Å². The topological polar surface area (TPSA) is 110 Å². The van der Waals surface area contributed by atoms with Gasteiger partial charge in [0.25, 0.3) is 10.0 Å². The third-order valence-electron chi connectivity index (χ3n) is 3.36.